The highest BCUT2D eigenvalue weighted by Gasteiger charge is 2.27. The fraction of sp³-hybridized carbons (Fsp3) is 0.560. The van der Waals surface area contributed by atoms with Gasteiger partial charge in [0.2, 0.25) is 0 Å². The Kier molecular flexibility index (Phi) is 11.6. The number of hydrogen-bond donors (Lipinski definition) is 0. The number of carbonyl (C=O) groups is 1. The number of carbonyl (C=O) groups excluding carboxylic acids is 1. The molecule has 0 saturated heterocycles. The molecular formula is C25H35ClO6. The molecule has 0 amide bonds. The first-order chi connectivity index (χ1) is 15.5. The second kappa shape index (κ2) is 14.2. The predicted octanol–water partition coefficient (Wildman–Crippen LogP) is 6.11. The number of halogens is 1. The van der Waals surface area contributed by atoms with E-state index in [0.717, 1.165) is 12.8 Å². The molecule has 0 saturated carbocycles. The second-order valence-electron chi connectivity index (χ2n) is 7.66. The molecule has 0 aliphatic carbocycles. The van der Waals surface area contributed by atoms with Crippen LogP contribution < -0.4 is 9.47 Å². The summed E-state index contributed by atoms with van der Waals surface area (Å²) in [6.07, 6.45) is 11.3. The lowest BCUT2D eigenvalue weighted by Gasteiger charge is -2.21. The van der Waals surface area contributed by atoms with E-state index in [1.807, 2.05) is 26.8 Å². The first-order valence-corrected chi connectivity index (χ1v) is 11.6. The van der Waals surface area contributed by atoms with E-state index >= 15 is 0 Å². The van der Waals surface area contributed by atoms with Crippen LogP contribution >= 0.6 is 11.6 Å². The summed E-state index contributed by atoms with van der Waals surface area (Å²) in [4.78, 5) is 13.3. The first-order valence-electron chi connectivity index (χ1n) is 11.3. The molecule has 2 atom stereocenters. The molecule has 6 nitrogen and oxygen atoms in total. The predicted molar refractivity (Wildman–Crippen MR) is 126 cm³/mol. The van der Waals surface area contributed by atoms with Crippen LogP contribution in [0.1, 0.15) is 62.9 Å². The van der Waals surface area contributed by atoms with Crippen LogP contribution in [0.15, 0.2) is 30.4 Å². The monoisotopic (exact) mass is 466 g/mol. The Morgan fingerprint density at radius 2 is 1.66 bits per heavy atom. The van der Waals surface area contributed by atoms with Gasteiger partial charge in [-0.3, -0.25) is 0 Å². The molecule has 0 spiro atoms. The van der Waals surface area contributed by atoms with Gasteiger partial charge in [0.1, 0.15) is 23.2 Å². The van der Waals surface area contributed by atoms with Crippen molar-refractivity contribution in [2.24, 2.45) is 5.92 Å². The van der Waals surface area contributed by atoms with Crippen molar-refractivity contribution in [3.05, 3.63) is 46.5 Å². The summed E-state index contributed by atoms with van der Waals surface area (Å²) >= 11 is 6.75. The minimum atomic E-state index is -0.473. The highest BCUT2D eigenvalue weighted by molar-refractivity contribution is 6.33. The minimum absolute atomic E-state index is 0.00347. The highest BCUT2D eigenvalue weighted by Crippen LogP contribution is 2.40. The maximum atomic E-state index is 13.3. The van der Waals surface area contributed by atoms with Crippen molar-refractivity contribution < 1.29 is 28.5 Å². The van der Waals surface area contributed by atoms with Gasteiger partial charge in [0.25, 0.3) is 0 Å². The lowest BCUT2D eigenvalue weighted by molar-refractivity contribution is 0.0160. The van der Waals surface area contributed by atoms with Gasteiger partial charge in [-0.05, 0) is 51.5 Å². The number of esters is 1. The number of cyclic esters (lactones) is 1. The topological polar surface area (TPSA) is 63.2 Å². The molecule has 0 N–H and O–H groups in total. The van der Waals surface area contributed by atoms with E-state index in [4.69, 9.17) is 35.3 Å². The number of hydrogen-bond acceptors (Lipinski definition) is 6. The second-order valence-corrected chi connectivity index (χ2v) is 8.04. The van der Waals surface area contributed by atoms with Crippen LogP contribution in [0.25, 0.3) is 0 Å². The normalized spacial score (nSPS) is 21.7. The zero-order chi connectivity index (χ0) is 23.3. The molecule has 1 heterocycles. The van der Waals surface area contributed by atoms with E-state index in [0.29, 0.717) is 53.7 Å². The van der Waals surface area contributed by atoms with E-state index in [9.17, 15) is 4.79 Å². The van der Waals surface area contributed by atoms with Crippen LogP contribution in [0.3, 0.4) is 0 Å². The van der Waals surface area contributed by atoms with Crippen LogP contribution in [0.2, 0.25) is 5.02 Å². The molecule has 1 aliphatic rings. The highest BCUT2D eigenvalue weighted by atomic mass is 35.5. The summed E-state index contributed by atoms with van der Waals surface area (Å²) in [5.41, 5.74) is 0.945. The van der Waals surface area contributed by atoms with Crippen LogP contribution in [0.5, 0.6) is 11.5 Å². The van der Waals surface area contributed by atoms with Gasteiger partial charge in [-0.2, -0.15) is 0 Å². The Bertz CT molecular complexity index is 789. The minimum Gasteiger partial charge on any atom is -0.466 e. The van der Waals surface area contributed by atoms with Gasteiger partial charge < -0.3 is 23.7 Å². The smallest absolute Gasteiger partial charge is 0.342 e. The van der Waals surface area contributed by atoms with Gasteiger partial charge in [-0.15, -0.1) is 0 Å². The number of ether oxygens (including phenoxy) is 5. The molecule has 0 aromatic heterocycles. The number of fused-ring (bicyclic) bond motifs is 1. The van der Waals surface area contributed by atoms with Gasteiger partial charge in [0.05, 0.1) is 5.02 Å². The average molecular weight is 467 g/mol. The molecule has 1 aromatic carbocycles. The van der Waals surface area contributed by atoms with E-state index in [-0.39, 0.29) is 25.6 Å². The van der Waals surface area contributed by atoms with Crippen LogP contribution in [0, 0.1) is 5.92 Å². The third-order valence-corrected chi connectivity index (χ3v) is 5.35. The maximum absolute atomic E-state index is 13.3. The van der Waals surface area contributed by atoms with Gasteiger partial charge in [0.15, 0.2) is 13.6 Å². The lowest BCUT2D eigenvalue weighted by Crippen LogP contribution is -2.19. The lowest BCUT2D eigenvalue weighted by atomic mass is 9.94. The quantitative estimate of drug-likeness (QED) is 0.199. The van der Waals surface area contributed by atoms with Crippen molar-refractivity contribution in [2.45, 2.75) is 59.5 Å². The fourth-order valence-corrected chi connectivity index (χ4v) is 3.56. The molecule has 2 rings (SSSR count). The summed E-state index contributed by atoms with van der Waals surface area (Å²) in [6, 6.07) is 1.61. The summed E-state index contributed by atoms with van der Waals surface area (Å²) in [6.45, 7) is 8.75. The number of rotatable bonds is 8. The molecule has 32 heavy (non-hydrogen) atoms. The van der Waals surface area contributed by atoms with Crippen molar-refractivity contribution in [1.29, 1.82) is 0 Å². The zero-order valence-electron chi connectivity index (χ0n) is 19.5. The molecule has 0 radical (unpaired) electrons. The molecule has 1 aliphatic heterocycles. The van der Waals surface area contributed by atoms with Crippen molar-refractivity contribution in [3.8, 4) is 11.5 Å². The van der Waals surface area contributed by atoms with E-state index in [1.54, 1.807) is 6.07 Å². The van der Waals surface area contributed by atoms with Crippen molar-refractivity contribution in [2.75, 3.05) is 26.8 Å². The van der Waals surface area contributed by atoms with Crippen molar-refractivity contribution >= 4 is 17.6 Å². The molecule has 0 fully saturated rings. The van der Waals surface area contributed by atoms with Gasteiger partial charge in [-0.25, -0.2) is 4.79 Å². The fourth-order valence-electron chi connectivity index (χ4n) is 3.28. The first kappa shape index (κ1) is 26.2. The Hall–Kier alpha value is -2.02. The number of benzene rings is 1. The molecule has 0 bridgehead atoms. The largest absolute Gasteiger partial charge is 0.466 e. The van der Waals surface area contributed by atoms with Gasteiger partial charge >= 0.3 is 5.97 Å². The molecule has 1 aromatic rings. The maximum Gasteiger partial charge on any atom is 0.342 e. The van der Waals surface area contributed by atoms with Crippen molar-refractivity contribution in [1.82, 2.24) is 0 Å². The number of allylic oxidation sites excluding steroid dienone is 3. The summed E-state index contributed by atoms with van der Waals surface area (Å²) < 4.78 is 28.0. The average Bonchev–Trinajstić information content (AvgIpc) is 2.75. The van der Waals surface area contributed by atoms with Crippen LogP contribution in [-0.2, 0) is 20.6 Å². The standard InChI is InChI=1S/C25H35ClO6/c1-5-28-16-30-21-15-22(31-17-29-6-2)24(26)20-14-18(3)12-10-8-7-9-11-13-19(4)32-25(27)23(20)21/h9-12,15,18-19H,5-8,13-14,16-17H2,1-4H3/b11-9+,12-10+/t18?,19-/m1/s1. The Morgan fingerprint density at radius 1 is 1.00 bits per heavy atom. The third-order valence-electron chi connectivity index (χ3n) is 4.93. The van der Waals surface area contributed by atoms with E-state index < -0.39 is 5.97 Å². The summed E-state index contributed by atoms with van der Waals surface area (Å²) in [5, 5.41) is 0.361. The van der Waals surface area contributed by atoms with Gasteiger partial charge in [-0.1, -0.05) is 42.8 Å². The zero-order valence-corrected chi connectivity index (χ0v) is 20.3. The molecule has 178 valence electrons. The summed E-state index contributed by atoms with van der Waals surface area (Å²) in [5.74, 6) is 0.385. The Balaban J connectivity index is 2.53. The van der Waals surface area contributed by atoms with Crippen molar-refractivity contribution in [3.63, 3.8) is 0 Å². The van der Waals surface area contributed by atoms with E-state index in [1.165, 1.54) is 0 Å². The molecule has 7 heteroatoms. The molecule has 1 unspecified atom stereocenters. The van der Waals surface area contributed by atoms with Gasteiger partial charge in [0, 0.05) is 25.7 Å². The Labute approximate surface area is 196 Å². The van der Waals surface area contributed by atoms with Crippen LogP contribution in [-0.4, -0.2) is 38.9 Å². The van der Waals surface area contributed by atoms with E-state index in [2.05, 4.69) is 25.2 Å². The summed E-state index contributed by atoms with van der Waals surface area (Å²) in [7, 11) is 0. The van der Waals surface area contributed by atoms with Crippen LogP contribution in [0.4, 0.5) is 0 Å². The SMILES string of the molecule is CCOCOc1cc(OCOCC)c2c(c1Cl)CC(C)/C=C/CC/C=C/C[C@@H](C)OC2=O. The molecular weight excluding hydrogens is 432 g/mol. The Morgan fingerprint density at radius 3 is 2.34 bits per heavy atom. The third kappa shape index (κ3) is 8.15.